The van der Waals surface area contributed by atoms with Crippen LogP contribution in [-0.2, 0) is 4.74 Å². The topological polar surface area (TPSA) is 62.3 Å². The first-order valence-electron chi connectivity index (χ1n) is 12.5. The van der Waals surface area contributed by atoms with E-state index in [1.807, 2.05) is 12.2 Å². The zero-order chi connectivity index (χ0) is 24.1. The molecule has 34 heavy (non-hydrogen) atoms. The number of hydrogen-bond donors (Lipinski definition) is 2. The van der Waals surface area contributed by atoms with E-state index in [1.54, 1.807) is 12.2 Å². The van der Waals surface area contributed by atoms with Crippen molar-refractivity contribution < 1.29 is 9.13 Å². The summed E-state index contributed by atoms with van der Waals surface area (Å²) in [4.78, 5) is 11.2. The molecule has 0 radical (unpaired) electrons. The average Bonchev–Trinajstić information content (AvgIpc) is 3.49. The largest absolute Gasteiger partial charge is 0.490 e. The first-order chi connectivity index (χ1) is 16.4. The summed E-state index contributed by atoms with van der Waals surface area (Å²) in [7, 11) is 0. The van der Waals surface area contributed by atoms with Crippen molar-refractivity contribution in [3.05, 3.63) is 60.9 Å². The van der Waals surface area contributed by atoms with Crippen molar-refractivity contribution in [2.24, 2.45) is 0 Å². The Morgan fingerprint density at radius 2 is 1.97 bits per heavy atom. The number of nitrogens with zero attached hydrogens (tertiary/aromatic N) is 3. The molecule has 2 atom stereocenters. The van der Waals surface area contributed by atoms with Gasteiger partial charge in [0.25, 0.3) is 0 Å². The van der Waals surface area contributed by atoms with Gasteiger partial charge in [-0.1, -0.05) is 13.2 Å². The minimum absolute atomic E-state index is 0.0934. The third-order valence-corrected chi connectivity index (χ3v) is 7.25. The number of fused-ring (bicyclic) bond motifs is 1. The number of nitrogens with one attached hydrogen (secondary N) is 2. The summed E-state index contributed by atoms with van der Waals surface area (Å²) >= 11 is 0. The van der Waals surface area contributed by atoms with Gasteiger partial charge in [0.2, 0.25) is 5.95 Å². The monoisotopic (exact) mass is 467 g/mol. The Labute approximate surface area is 203 Å². The van der Waals surface area contributed by atoms with Gasteiger partial charge in [0.05, 0.1) is 12.3 Å². The van der Waals surface area contributed by atoms with Gasteiger partial charge in [-0.3, -0.25) is 4.90 Å². The molecule has 3 aliphatic rings. The van der Waals surface area contributed by atoms with Gasteiger partial charge in [0.15, 0.2) is 11.6 Å². The van der Waals surface area contributed by atoms with Crippen LogP contribution >= 0.6 is 0 Å². The number of rotatable bonds is 9. The van der Waals surface area contributed by atoms with Crippen LogP contribution in [0.5, 0.6) is 0 Å². The highest BCUT2D eigenvalue weighted by molar-refractivity contribution is 5.47. The van der Waals surface area contributed by atoms with E-state index >= 15 is 0 Å². The quantitative estimate of drug-likeness (QED) is 0.346. The zero-order valence-corrected chi connectivity index (χ0v) is 20.5. The molecule has 1 aromatic rings. The SMILES string of the molecule is C=C/C(=C\C=C(/C=C)OC1CCCC1)Nc1ncc(F)c(N[C@@H]2C[C@@H]3CCCN3C(C)(C)C2)n1. The van der Waals surface area contributed by atoms with Crippen molar-refractivity contribution in [1.29, 1.82) is 0 Å². The maximum absolute atomic E-state index is 14.6. The Kier molecular flexibility index (Phi) is 7.71. The highest BCUT2D eigenvalue weighted by Gasteiger charge is 2.43. The molecule has 3 heterocycles. The molecule has 3 fully saturated rings. The summed E-state index contributed by atoms with van der Waals surface area (Å²) in [6.45, 7) is 13.4. The van der Waals surface area contributed by atoms with Crippen molar-refractivity contribution in [2.75, 3.05) is 17.2 Å². The van der Waals surface area contributed by atoms with Gasteiger partial charge in [-0.2, -0.15) is 4.98 Å². The molecule has 2 N–H and O–H groups in total. The van der Waals surface area contributed by atoms with Gasteiger partial charge < -0.3 is 15.4 Å². The van der Waals surface area contributed by atoms with Gasteiger partial charge >= 0.3 is 0 Å². The molecule has 2 saturated heterocycles. The van der Waals surface area contributed by atoms with Crippen LogP contribution in [0.3, 0.4) is 0 Å². The Morgan fingerprint density at radius 3 is 2.71 bits per heavy atom. The first-order valence-corrected chi connectivity index (χ1v) is 12.5. The van der Waals surface area contributed by atoms with Gasteiger partial charge in [-0.25, -0.2) is 9.37 Å². The molecule has 0 unspecified atom stereocenters. The Morgan fingerprint density at radius 1 is 1.18 bits per heavy atom. The molecule has 0 aromatic carbocycles. The molecule has 6 nitrogen and oxygen atoms in total. The Balaban J connectivity index is 1.43. The molecule has 1 saturated carbocycles. The molecule has 4 rings (SSSR count). The van der Waals surface area contributed by atoms with E-state index in [9.17, 15) is 4.39 Å². The summed E-state index contributed by atoms with van der Waals surface area (Å²) in [6.07, 6.45) is 17.5. The molecule has 1 aromatic heterocycles. The van der Waals surface area contributed by atoms with Gasteiger partial charge in [-0.15, -0.1) is 0 Å². The second kappa shape index (κ2) is 10.7. The molecule has 7 heteroatoms. The fourth-order valence-electron chi connectivity index (χ4n) is 5.66. The van der Waals surface area contributed by atoms with Crippen molar-refractivity contribution in [3.8, 4) is 0 Å². The van der Waals surface area contributed by atoms with Gasteiger partial charge in [0.1, 0.15) is 5.76 Å². The summed E-state index contributed by atoms with van der Waals surface area (Å²) in [5.41, 5.74) is 0.781. The van der Waals surface area contributed by atoms with E-state index in [2.05, 4.69) is 52.5 Å². The van der Waals surface area contributed by atoms with Crippen LogP contribution in [0.1, 0.15) is 65.2 Å². The number of piperidine rings is 1. The van der Waals surface area contributed by atoms with E-state index in [0.29, 0.717) is 17.7 Å². The van der Waals surface area contributed by atoms with Crippen LogP contribution in [0.25, 0.3) is 0 Å². The predicted octanol–water partition coefficient (Wildman–Crippen LogP) is 5.94. The molecule has 0 bridgehead atoms. The lowest BCUT2D eigenvalue weighted by Crippen LogP contribution is -2.55. The number of halogens is 1. The van der Waals surface area contributed by atoms with Crippen LogP contribution in [0, 0.1) is 5.82 Å². The van der Waals surface area contributed by atoms with Crippen molar-refractivity contribution in [3.63, 3.8) is 0 Å². The minimum atomic E-state index is -0.444. The molecule has 2 aliphatic heterocycles. The first kappa shape index (κ1) is 24.5. The smallest absolute Gasteiger partial charge is 0.229 e. The summed E-state index contributed by atoms with van der Waals surface area (Å²) < 4.78 is 20.6. The molecule has 0 spiro atoms. The molecule has 0 amide bonds. The van der Waals surface area contributed by atoms with Crippen LogP contribution in [0.15, 0.2) is 55.1 Å². The van der Waals surface area contributed by atoms with E-state index in [1.165, 1.54) is 31.9 Å². The van der Waals surface area contributed by atoms with Crippen molar-refractivity contribution in [1.82, 2.24) is 14.9 Å². The molecule has 184 valence electrons. The molecular weight excluding hydrogens is 429 g/mol. The van der Waals surface area contributed by atoms with Gasteiger partial charge in [0, 0.05) is 23.3 Å². The normalized spacial score (nSPS) is 25.6. The Hall–Kier alpha value is -2.67. The van der Waals surface area contributed by atoms with E-state index in [4.69, 9.17) is 4.74 Å². The van der Waals surface area contributed by atoms with Gasteiger partial charge in [-0.05, 0) is 96.1 Å². The Bertz CT molecular complexity index is 950. The maximum Gasteiger partial charge on any atom is 0.229 e. The lowest BCUT2D eigenvalue weighted by molar-refractivity contribution is 0.0500. The van der Waals surface area contributed by atoms with Crippen molar-refractivity contribution >= 4 is 11.8 Å². The second-order valence-corrected chi connectivity index (χ2v) is 10.2. The number of hydrogen-bond acceptors (Lipinski definition) is 6. The van der Waals surface area contributed by atoms with Crippen molar-refractivity contribution in [2.45, 2.75) is 88.9 Å². The lowest BCUT2D eigenvalue weighted by Gasteiger charge is -2.47. The lowest BCUT2D eigenvalue weighted by atomic mass is 9.84. The summed E-state index contributed by atoms with van der Waals surface area (Å²) in [5, 5.41) is 6.50. The molecule has 1 aliphatic carbocycles. The minimum Gasteiger partial charge on any atom is -0.490 e. The fourth-order valence-corrected chi connectivity index (χ4v) is 5.66. The number of allylic oxidation sites excluding steroid dienone is 4. The van der Waals surface area contributed by atoms with Crippen LogP contribution in [0.2, 0.25) is 0 Å². The second-order valence-electron chi connectivity index (χ2n) is 10.2. The van der Waals surface area contributed by atoms with E-state index < -0.39 is 5.82 Å². The third-order valence-electron chi connectivity index (χ3n) is 7.25. The fraction of sp³-hybridized carbons (Fsp3) is 0.556. The number of aromatic nitrogens is 2. The zero-order valence-electron chi connectivity index (χ0n) is 20.5. The van der Waals surface area contributed by atoms with Crippen LogP contribution < -0.4 is 10.6 Å². The van der Waals surface area contributed by atoms with Crippen LogP contribution in [0.4, 0.5) is 16.2 Å². The standard InChI is InChI=1S/C27H38FN5O/c1-5-19(13-14-22(6-2)34-23-11-7-8-12-23)31-26-29-18-24(28)25(32-26)30-20-16-21-10-9-15-33(21)27(3,4)17-20/h5-6,13-14,18,20-21,23H,1-2,7-12,15-17H2,3-4H3,(H2,29,30,31,32)/b19-13+,22-14+/t20-,21+/m1/s1. The third kappa shape index (κ3) is 5.87. The molecular formula is C27H38FN5O. The van der Waals surface area contributed by atoms with E-state index in [0.717, 1.165) is 38.0 Å². The number of ether oxygens (including phenoxy) is 1. The summed E-state index contributed by atoms with van der Waals surface area (Å²) in [6, 6.07) is 0.725. The van der Waals surface area contributed by atoms with Crippen LogP contribution in [-0.4, -0.2) is 45.1 Å². The highest BCUT2D eigenvalue weighted by Crippen LogP contribution is 2.38. The predicted molar refractivity (Wildman–Crippen MR) is 136 cm³/mol. The highest BCUT2D eigenvalue weighted by atomic mass is 19.1. The maximum atomic E-state index is 14.6. The average molecular weight is 468 g/mol. The summed E-state index contributed by atoms with van der Waals surface area (Å²) in [5.74, 6) is 0.828. The van der Waals surface area contributed by atoms with E-state index in [-0.39, 0.29) is 23.5 Å². The number of anilines is 2.